The molecule has 0 saturated carbocycles. The number of hydrogen-bond acceptors (Lipinski definition) is 1. The first-order chi connectivity index (χ1) is 13.9. The van der Waals surface area contributed by atoms with Crippen molar-refractivity contribution in [2.45, 2.75) is 24.2 Å². The fraction of sp³-hybridized carbons (Fsp3) is 0.235. The summed E-state index contributed by atoms with van der Waals surface area (Å²) in [4.78, 5) is 12.1. The van der Waals surface area contributed by atoms with Gasteiger partial charge in [-0.2, -0.15) is 39.5 Å². The highest BCUT2D eigenvalue weighted by Crippen LogP contribution is 2.55. The first-order valence-corrected chi connectivity index (χ1v) is 8.50. The van der Waals surface area contributed by atoms with Crippen LogP contribution in [0.2, 0.25) is 0 Å². The van der Waals surface area contributed by atoms with Gasteiger partial charge in [0.1, 0.15) is 5.82 Å². The number of carbonyl (C=O) groups is 1. The third-order valence-corrected chi connectivity index (χ3v) is 4.56. The maximum absolute atomic E-state index is 14.2. The minimum absolute atomic E-state index is 0.201. The lowest BCUT2D eigenvalue weighted by Gasteiger charge is -2.31. The molecule has 0 aliphatic heterocycles. The van der Waals surface area contributed by atoms with E-state index in [0.717, 1.165) is 24.3 Å². The quantitative estimate of drug-likeness (QED) is 0.420. The Morgan fingerprint density at radius 1 is 0.839 bits per heavy atom. The van der Waals surface area contributed by atoms with Crippen LogP contribution in [0.4, 0.5) is 54.0 Å². The lowest BCUT2D eigenvalue weighted by Crippen LogP contribution is -2.50. The summed E-state index contributed by atoms with van der Waals surface area (Å²) in [5.41, 5.74) is -12.9. The van der Waals surface area contributed by atoms with Crippen LogP contribution in [0.25, 0.3) is 0 Å². The Kier molecular flexibility index (Phi) is 6.38. The Morgan fingerprint density at radius 2 is 1.35 bits per heavy atom. The largest absolute Gasteiger partial charge is 0.435 e. The summed E-state index contributed by atoms with van der Waals surface area (Å²) in [6.45, 7) is 0. The number of amides is 1. The highest BCUT2D eigenvalue weighted by atomic mass is 79.9. The molecule has 2 rings (SSSR count). The van der Waals surface area contributed by atoms with Gasteiger partial charge in [0, 0.05) is 10.0 Å². The maximum atomic E-state index is 14.2. The van der Waals surface area contributed by atoms with Gasteiger partial charge in [-0.3, -0.25) is 4.79 Å². The standard InChI is InChI=1S/C17H7BrF11NO/c18-10-6-7(14(20,16(24,25)26)17(27,28)29)5-9(15(21,22)23)12(10)30-13(31)8-3-1-2-4-11(8)19/h1-6H,(H,30,31). The Morgan fingerprint density at radius 3 is 1.81 bits per heavy atom. The van der Waals surface area contributed by atoms with E-state index >= 15 is 0 Å². The molecule has 2 aromatic carbocycles. The van der Waals surface area contributed by atoms with Crippen LogP contribution < -0.4 is 5.32 Å². The average Bonchev–Trinajstić information content (AvgIpc) is 2.59. The van der Waals surface area contributed by atoms with Crippen LogP contribution in [0.3, 0.4) is 0 Å². The van der Waals surface area contributed by atoms with Crippen molar-refractivity contribution in [1.82, 2.24) is 0 Å². The molecule has 0 aliphatic carbocycles. The smallest absolute Gasteiger partial charge is 0.320 e. The molecule has 0 spiro atoms. The molecule has 0 aliphatic rings. The number of anilines is 1. The van der Waals surface area contributed by atoms with Gasteiger partial charge in [-0.25, -0.2) is 8.78 Å². The second-order valence-corrected chi connectivity index (χ2v) is 6.82. The first-order valence-electron chi connectivity index (χ1n) is 7.70. The molecule has 0 saturated heterocycles. The van der Waals surface area contributed by atoms with Gasteiger partial charge in [0.2, 0.25) is 0 Å². The molecule has 170 valence electrons. The Labute approximate surface area is 174 Å². The van der Waals surface area contributed by atoms with Crippen molar-refractivity contribution >= 4 is 27.5 Å². The van der Waals surface area contributed by atoms with Crippen LogP contribution in [0.1, 0.15) is 21.5 Å². The molecular weight excluding hydrogens is 523 g/mol. The van der Waals surface area contributed by atoms with E-state index in [-0.39, 0.29) is 6.07 Å². The number of halogens is 12. The molecule has 2 nitrogen and oxygen atoms in total. The minimum Gasteiger partial charge on any atom is -0.320 e. The lowest BCUT2D eigenvalue weighted by atomic mass is 9.92. The summed E-state index contributed by atoms with van der Waals surface area (Å²) in [5, 5.41) is 1.57. The molecule has 0 atom stereocenters. The molecule has 14 heteroatoms. The zero-order chi connectivity index (χ0) is 24.0. The molecule has 0 aromatic heterocycles. The molecule has 1 amide bonds. The highest BCUT2D eigenvalue weighted by molar-refractivity contribution is 9.10. The normalized spacial score (nSPS) is 13.3. The van der Waals surface area contributed by atoms with Crippen molar-refractivity contribution < 1.29 is 53.1 Å². The SMILES string of the molecule is O=C(Nc1c(Br)cc(C(F)(C(F)(F)F)C(F)(F)F)cc1C(F)(F)F)c1ccccc1F. The van der Waals surface area contributed by atoms with Crippen LogP contribution in [-0.2, 0) is 11.8 Å². The summed E-state index contributed by atoms with van der Waals surface area (Å²) < 4.78 is 144. The van der Waals surface area contributed by atoms with E-state index < -0.39 is 68.8 Å². The first kappa shape index (κ1) is 24.9. The second kappa shape index (κ2) is 7.95. The van der Waals surface area contributed by atoms with Gasteiger partial charge in [-0.1, -0.05) is 12.1 Å². The summed E-state index contributed by atoms with van der Waals surface area (Å²) >= 11 is 2.33. The van der Waals surface area contributed by atoms with Crippen molar-refractivity contribution in [3.05, 3.63) is 63.4 Å². The van der Waals surface area contributed by atoms with Gasteiger partial charge in [0.25, 0.3) is 5.91 Å². The molecule has 0 unspecified atom stereocenters. The Balaban J connectivity index is 2.72. The minimum atomic E-state index is -6.66. The zero-order valence-electron chi connectivity index (χ0n) is 14.4. The number of hydrogen-bond donors (Lipinski definition) is 1. The lowest BCUT2D eigenvalue weighted by molar-refractivity contribution is -0.348. The van der Waals surface area contributed by atoms with E-state index in [1.807, 2.05) is 0 Å². The van der Waals surface area contributed by atoms with Gasteiger partial charge < -0.3 is 5.32 Å². The predicted molar refractivity (Wildman–Crippen MR) is 88.4 cm³/mol. The van der Waals surface area contributed by atoms with Crippen LogP contribution in [0.5, 0.6) is 0 Å². The fourth-order valence-electron chi connectivity index (χ4n) is 2.47. The molecule has 2 aromatic rings. The van der Waals surface area contributed by atoms with E-state index in [0.29, 0.717) is 0 Å². The fourth-order valence-corrected chi connectivity index (χ4v) is 3.03. The molecule has 0 bridgehead atoms. The molecule has 31 heavy (non-hydrogen) atoms. The molecule has 0 heterocycles. The monoisotopic (exact) mass is 529 g/mol. The van der Waals surface area contributed by atoms with Crippen molar-refractivity contribution in [3.63, 3.8) is 0 Å². The van der Waals surface area contributed by atoms with Crippen molar-refractivity contribution in [2.75, 3.05) is 5.32 Å². The van der Waals surface area contributed by atoms with Crippen molar-refractivity contribution in [3.8, 4) is 0 Å². The summed E-state index contributed by atoms with van der Waals surface area (Å²) in [7, 11) is 0. The van der Waals surface area contributed by atoms with Gasteiger partial charge in [0.05, 0.1) is 16.8 Å². The number of benzene rings is 2. The van der Waals surface area contributed by atoms with E-state index in [4.69, 9.17) is 0 Å². The zero-order valence-corrected chi connectivity index (χ0v) is 16.0. The molecule has 0 fully saturated rings. The topological polar surface area (TPSA) is 29.1 Å². The predicted octanol–water partition coefficient (Wildman–Crippen LogP) is 7.15. The summed E-state index contributed by atoms with van der Waals surface area (Å²) in [6.07, 6.45) is -19.0. The van der Waals surface area contributed by atoms with Crippen molar-refractivity contribution in [2.24, 2.45) is 0 Å². The summed E-state index contributed by atoms with van der Waals surface area (Å²) in [6, 6.07) is 3.01. The van der Waals surface area contributed by atoms with Gasteiger partial charge in [0.15, 0.2) is 0 Å². The van der Waals surface area contributed by atoms with Gasteiger partial charge >= 0.3 is 24.2 Å². The Bertz CT molecular complexity index is 981. The molecule has 0 radical (unpaired) electrons. The van der Waals surface area contributed by atoms with E-state index in [1.54, 1.807) is 5.32 Å². The van der Waals surface area contributed by atoms with Crippen LogP contribution in [-0.4, -0.2) is 18.3 Å². The third-order valence-electron chi connectivity index (χ3n) is 3.93. The number of alkyl halides is 10. The summed E-state index contributed by atoms with van der Waals surface area (Å²) in [5.74, 6) is -2.66. The maximum Gasteiger partial charge on any atom is 0.435 e. The van der Waals surface area contributed by atoms with E-state index in [2.05, 4.69) is 15.9 Å². The van der Waals surface area contributed by atoms with Crippen LogP contribution in [0, 0.1) is 5.82 Å². The van der Waals surface area contributed by atoms with Crippen LogP contribution >= 0.6 is 15.9 Å². The molecular formula is C17H7BrF11NO. The van der Waals surface area contributed by atoms with Gasteiger partial charge in [-0.05, 0) is 40.2 Å². The van der Waals surface area contributed by atoms with E-state index in [1.165, 1.54) is 0 Å². The third kappa shape index (κ3) is 4.62. The number of nitrogens with one attached hydrogen (secondary N) is 1. The second-order valence-electron chi connectivity index (χ2n) is 5.97. The van der Waals surface area contributed by atoms with E-state index in [9.17, 15) is 53.1 Å². The highest BCUT2D eigenvalue weighted by Gasteiger charge is 2.73. The number of carbonyl (C=O) groups excluding carboxylic acids is 1. The van der Waals surface area contributed by atoms with Gasteiger partial charge in [-0.15, -0.1) is 0 Å². The van der Waals surface area contributed by atoms with Crippen molar-refractivity contribution in [1.29, 1.82) is 0 Å². The Hall–Kier alpha value is -2.38. The average molecular weight is 530 g/mol. The van der Waals surface area contributed by atoms with Crippen LogP contribution in [0.15, 0.2) is 40.9 Å². The number of rotatable bonds is 3. The molecule has 1 N–H and O–H groups in total.